The predicted octanol–water partition coefficient (Wildman–Crippen LogP) is 4.13. The monoisotopic (exact) mass is 445 g/mol. The van der Waals surface area contributed by atoms with Crippen molar-refractivity contribution in [2.75, 3.05) is 38.0 Å². The SMILES string of the molecule is O=C(CN1CCN(C(=O)CC(c2ccccc2)c2ccccc2)CC1)Nc1ccc(F)cc1. The number of nitrogens with one attached hydrogen (secondary N) is 1. The zero-order valence-corrected chi connectivity index (χ0v) is 18.5. The lowest BCUT2D eigenvalue weighted by Crippen LogP contribution is -2.50. The number of carbonyl (C=O) groups is 2. The van der Waals surface area contributed by atoms with E-state index < -0.39 is 0 Å². The molecule has 170 valence electrons. The largest absolute Gasteiger partial charge is 0.340 e. The molecule has 33 heavy (non-hydrogen) atoms. The van der Waals surface area contributed by atoms with E-state index in [2.05, 4.69) is 29.6 Å². The molecule has 0 radical (unpaired) electrons. The van der Waals surface area contributed by atoms with Crippen LogP contribution in [-0.2, 0) is 9.59 Å². The van der Waals surface area contributed by atoms with Gasteiger partial charge in [0.15, 0.2) is 0 Å². The molecule has 5 nitrogen and oxygen atoms in total. The molecular weight excluding hydrogens is 417 g/mol. The minimum Gasteiger partial charge on any atom is -0.340 e. The van der Waals surface area contributed by atoms with Gasteiger partial charge in [-0.05, 0) is 35.4 Å². The minimum absolute atomic E-state index is 0.0133. The van der Waals surface area contributed by atoms with E-state index in [1.54, 1.807) is 12.1 Å². The van der Waals surface area contributed by atoms with Gasteiger partial charge in [-0.15, -0.1) is 0 Å². The van der Waals surface area contributed by atoms with Crippen LogP contribution < -0.4 is 5.32 Å². The second-order valence-corrected chi connectivity index (χ2v) is 8.29. The van der Waals surface area contributed by atoms with Crippen molar-refractivity contribution in [2.24, 2.45) is 0 Å². The molecule has 0 bridgehead atoms. The van der Waals surface area contributed by atoms with Gasteiger partial charge in [0.05, 0.1) is 6.54 Å². The molecule has 0 unspecified atom stereocenters. The van der Waals surface area contributed by atoms with E-state index in [1.165, 1.54) is 12.1 Å². The highest BCUT2D eigenvalue weighted by atomic mass is 19.1. The molecule has 1 heterocycles. The quantitative estimate of drug-likeness (QED) is 0.595. The first-order chi connectivity index (χ1) is 16.1. The second kappa shape index (κ2) is 10.9. The summed E-state index contributed by atoms with van der Waals surface area (Å²) < 4.78 is 13.0. The zero-order chi connectivity index (χ0) is 23.0. The predicted molar refractivity (Wildman–Crippen MR) is 127 cm³/mol. The minimum atomic E-state index is -0.337. The van der Waals surface area contributed by atoms with Gasteiger partial charge in [0.2, 0.25) is 11.8 Å². The molecule has 3 aromatic rings. The Morgan fingerprint density at radius 1 is 0.788 bits per heavy atom. The molecule has 1 aliphatic heterocycles. The van der Waals surface area contributed by atoms with Crippen LogP contribution in [0.3, 0.4) is 0 Å². The summed E-state index contributed by atoms with van der Waals surface area (Å²) in [4.78, 5) is 29.4. The average Bonchev–Trinajstić information content (AvgIpc) is 2.85. The smallest absolute Gasteiger partial charge is 0.238 e. The Balaban J connectivity index is 1.31. The molecule has 0 aromatic heterocycles. The Bertz CT molecular complexity index is 1010. The van der Waals surface area contributed by atoms with E-state index in [4.69, 9.17) is 0 Å². The summed E-state index contributed by atoms with van der Waals surface area (Å²) >= 11 is 0. The first-order valence-electron chi connectivity index (χ1n) is 11.2. The lowest BCUT2D eigenvalue weighted by molar-refractivity contribution is -0.133. The maximum absolute atomic E-state index is 13.2. The molecule has 4 rings (SSSR count). The number of halogens is 1. The lowest BCUT2D eigenvalue weighted by Gasteiger charge is -2.35. The van der Waals surface area contributed by atoms with Crippen molar-refractivity contribution in [3.8, 4) is 0 Å². The van der Waals surface area contributed by atoms with Crippen LogP contribution in [0.15, 0.2) is 84.9 Å². The summed E-state index contributed by atoms with van der Waals surface area (Å²) in [6, 6.07) is 26.0. The van der Waals surface area contributed by atoms with Crippen LogP contribution in [0.5, 0.6) is 0 Å². The van der Waals surface area contributed by atoms with Crippen LogP contribution in [0.2, 0.25) is 0 Å². The highest BCUT2D eigenvalue weighted by Crippen LogP contribution is 2.28. The summed E-state index contributed by atoms with van der Waals surface area (Å²) in [5, 5.41) is 2.79. The Morgan fingerprint density at radius 3 is 1.88 bits per heavy atom. The number of hydrogen-bond donors (Lipinski definition) is 1. The van der Waals surface area contributed by atoms with Crippen LogP contribution in [0.25, 0.3) is 0 Å². The van der Waals surface area contributed by atoms with Gasteiger partial charge in [0.25, 0.3) is 0 Å². The van der Waals surface area contributed by atoms with E-state index in [0.717, 1.165) is 11.1 Å². The summed E-state index contributed by atoms with van der Waals surface area (Å²) in [6.07, 6.45) is 0.416. The number of hydrogen-bond acceptors (Lipinski definition) is 3. The zero-order valence-electron chi connectivity index (χ0n) is 18.5. The summed E-state index contributed by atoms with van der Waals surface area (Å²) in [5.41, 5.74) is 2.84. The van der Waals surface area contributed by atoms with Gasteiger partial charge >= 0.3 is 0 Å². The molecule has 3 aromatic carbocycles. The van der Waals surface area contributed by atoms with Gasteiger partial charge in [-0.3, -0.25) is 14.5 Å². The van der Waals surface area contributed by atoms with Crippen LogP contribution in [0, 0.1) is 5.82 Å². The van der Waals surface area contributed by atoms with Crippen molar-refractivity contribution in [1.82, 2.24) is 9.80 Å². The van der Waals surface area contributed by atoms with Gasteiger partial charge in [-0.1, -0.05) is 60.7 Å². The number of rotatable bonds is 7. The van der Waals surface area contributed by atoms with E-state index in [1.807, 2.05) is 46.2 Å². The van der Waals surface area contributed by atoms with Crippen molar-refractivity contribution in [3.63, 3.8) is 0 Å². The first kappa shape index (κ1) is 22.7. The van der Waals surface area contributed by atoms with Crippen LogP contribution in [0.4, 0.5) is 10.1 Å². The maximum Gasteiger partial charge on any atom is 0.238 e. The van der Waals surface area contributed by atoms with Gasteiger partial charge in [0.1, 0.15) is 5.82 Å². The topological polar surface area (TPSA) is 52.7 Å². The molecule has 2 amide bonds. The van der Waals surface area contributed by atoms with Gasteiger partial charge in [0, 0.05) is 44.2 Å². The number of piperazine rings is 1. The maximum atomic E-state index is 13.2. The Labute approximate surface area is 193 Å². The van der Waals surface area contributed by atoms with Gasteiger partial charge in [-0.25, -0.2) is 4.39 Å². The molecule has 0 saturated carbocycles. The molecule has 1 aliphatic rings. The van der Waals surface area contributed by atoms with Gasteiger partial charge < -0.3 is 10.2 Å². The molecule has 0 atom stereocenters. The number of carbonyl (C=O) groups excluding carboxylic acids is 2. The van der Waals surface area contributed by atoms with Crippen molar-refractivity contribution in [1.29, 1.82) is 0 Å². The Kier molecular flexibility index (Phi) is 7.47. The van der Waals surface area contributed by atoms with Crippen LogP contribution in [-0.4, -0.2) is 54.3 Å². The number of anilines is 1. The summed E-state index contributed by atoms with van der Waals surface area (Å²) in [5.74, 6) is -0.340. The third kappa shape index (κ3) is 6.26. The third-order valence-electron chi connectivity index (χ3n) is 6.00. The number of benzene rings is 3. The Hall–Kier alpha value is -3.51. The average molecular weight is 446 g/mol. The molecular formula is C27H28FN3O2. The summed E-state index contributed by atoms with van der Waals surface area (Å²) in [7, 11) is 0. The second-order valence-electron chi connectivity index (χ2n) is 8.29. The van der Waals surface area contributed by atoms with Crippen molar-refractivity contribution in [2.45, 2.75) is 12.3 Å². The van der Waals surface area contributed by atoms with Crippen molar-refractivity contribution in [3.05, 3.63) is 102 Å². The fourth-order valence-corrected chi connectivity index (χ4v) is 4.19. The molecule has 6 heteroatoms. The van der Waals surface area contributed by atoms with Crippen LogP contribution in [0.1, 0.15) is 23.5 Å². The van der Waals surface area contributed by atoms with E-state index >= 15 is 0 Å². The molecule has 1 fully saturated rings. The summed E-state index contributed by atoms with van der Waals surface area (Å²) in [6.45, 7) is 2.72. The number of amides is 2. The third-order valence-corrected chi connectivity index (χ3v) is 6.00. The standard InChI is InChI=1S/C27H28FN3O2/c28-23-11-13-24(14-12-23)29-26(32)20-30-15-17-31(18-16-30)27(33)19-25(21-7-3-1-4-8-21)22-9-5-2-6-10-22/h1-14,25H,15-20H2,(H,29,32). The normalized spacial score (nSPS) is 14.3. The highest BCUT2D eigenvalue weighted by molar-refractivity contribution is 5.92. The highest BCUT2D eigenvalue weighted by Gasteiger charge is 2.26. The number of nitrogens with zero attached hydrogens (tertiary/aromatic N) is 2. The molecule has 0 aliphatic carbocycles. The van der Waals surface area contributed by atoms with Crippen molar-refractivity contribution < 1.29 is 14.0 Å². The van der Waals surface area contributed by atoms with E-state index in [0.29, 0.717) is 38.3 Å². The van der Waals surface area contributed by atoms with Crippen molar-refractivity contribution >= 4 is 17.5 Å². The van der Waals surface area contributed by atoms with E-state index in [-0.39, 0.29) is 30.1 Å². The lowest BCUT2D eigenvalue weighted by atomic mass is 9.88. The fourth-order valence-electron chi connectivity index (χ4n) is 4.19. The van der Waals surface area contributed by atoms with Crippen LogP contribution >= 0.6 is 0 Å². The fraction of sp³-hybridized carbons (Fsp3) is 0.259. The van der Waals surface area contributed by atoms with Gasteiger partial charge in [-0.2, -0.15) is 0 Å². The molecule has 1 N–H and O–H groups in total. The first-order valence-corrected chi connectivity index (χ1v) is 11.2. The van der Waals surface area contributed by atoms with E-state index in [9.17, 15) is 14.0 Å². The Morgan fingerprint density at radius 2 is 1.33 bits per heavy atom. The molecule has 0 spiro atoms. The molecule has 1 saturated heterocycles.